The first-order chi connectivity index (χ1) is 7.58. The monoisotopic (exact) mass is 256 g/mol. The first-order valence-electron chi connectivity index (χ1n) is 4.56. The van der Waals surface area contributed by atoms with E-state index in [-0.39, 0.29) is 6.54 Å². The third-order valence-corrected chi connectivity index (χ3v) is 3.50. The van der Waals surface area contributed by atoms with Crippen molar-refractivity contribution in [3.63, 3.8) is 0 Å². The number of fused-ring (bicyclic) bond motifs is 1. The highest BCUT2D eigenvalue weighted by Crippen LogP contribution is 2.31. The maximum Gasteiger partial charge on any atom is 0.323 e. The van der Waals surface area contributed by atoms with Crippen LogP contribution in [-0.2, 0) is 4.79 Å². The van der Waals surface area contributed by atoms with E-state index in [1.807, 2.05) is 12.1 Å². The molecule has 1 N–H and O–H groups in total. The van der Waals surface area contributed by atoms with E-state index >= 15 is 0 Å². The van der Waals surface area contributed by atoms with Gasteiger partial charge in [-0.2, -0.15) is 0 Å². The van der Waals surface area contributed by atoms with Gasteiger partial charge in [-0.3, -0.25) is 4.79 Å². The third kappa shape index (κ3) is 2.10. The lowest BCUT2D eigenvalue weighted by atomic mass is 10.3. The number of aliphatic carboxylic acids is 1. The SMILES string of the molecule is CN(CC(=O)O)c1nc2c(Cl)cccc2s1. The van der Waals surface area contributed by atoms with Crippen molar-refractivity contribution in [1.29, 1.82) is 0 Å². The zero-order chi connectivity index (χ0) is 11.7. The van der Waals surface area contributed by atoms with Crippen molar-refractivity contribution in [3.05, 3.63) is 23.2 Å². The number of likely N-dealkylation sites (N-methyl/N-ethyl adjacent to an activating group) is 1. The molecule has 4 nitrogen and oxygen atoms in total. The van der Waals surface area contributed by atoms with E-state index in [0.29, 0.717) is 10.2 Å². The molecule has 0 unspecified atom stereocenters. The zero-order valence-corrected chi connectivity index (χ0v) is 10.0. The van der Waals surface area contributed by atoms with E-state index in [9.17, 15) is 4.79 Å². The van der Waals surface area contributed by atoms with Gasteiger partial charge in [0.15, 0.2) is 5.13 Å². The van der Waals surface area contributed by atoms with Crippen molar-refractivity contribution in [1.82, 2.24) is 4.98 Å². The molecule has 0 spiro atoms. The summed E-state index contributed by atoms with van der Waals surface area (Å²) in [6, 6.07) is 5.53. The summed E-state index contributed by atoms with van der Waals surface area (Å²) in [5.41, 5.74) is 0.724. The van der Waals surface area contributed by atoms with E-state index in [1.165, 1.54) is 11.3 Å². The third-order valence-electron chi connectivity index (χ3n) is 2.06. The molecule has 0 atom stereocenters. The van der Waals surface area contributed by atoms with E-state index in [4.69, 9.17) is 16.7 Å². The summed E-state index contributed by atoms with van der Waals surface area (Å²) < 4.78 is 0.958. The summed E-state index contributed by atoms with van der Waals surface area (Å²) in [4.78, 5) is 16.5. The number of hydrogen-bond acceptors (Lipinski definition) is 4. The second-order valence-corrected chi connectivity index (χ2v) is 4.75. The van der Waals surface area contributed by atoms with Crippen molar-refractivity contribution >= 4 is 44.3 Å². The van der Waals surface area contributed by atoms with Gasteiger partial charge in [0.2, 0.25) is 0 Å². The number of thiazole rings is 1. The number of para-hydroxylation sites is 1. The van der Waals surface area contributed by atoms with Gasteiger partial charge >= 0.3 is 5.97 Å². The average molecular weight is 257 g/mol. The van der Waals surface area contributed by atoms with Crippen LogP contribution in [0.4, 0.5) is 5.13 Å². The van der Waals surface area contributed by atoms with Crippen LogP contribution < -0.4 is 4.90 Å². The number of halogens is 1. The Labute approximate surface area is 101 Å². The quantitative estimate of drug-likeness (QED) is 0.917. The Morgan fingerprint density at radius 3 is 3.00 bits per heavy atom. The fourth-order valence-corrected chi connectivity index (χ4v) is 2.56. The topological polar surface area (TPSA) is 53.4 Å². The lowest BCUT2D eigenvalue weighted by molar-refractivity contribution is -0.135. The van der Waals surface area contributed by atoms with Gasteiger partial charge in [0.05, 0.1) is 9.72 Å². The van der Waals surface area contributed by atoms with Crippen LogP contribution >= 0.6 is 22.9 Å². The Morgan fingerprint density at radius 1 is 1.62 bits per heavy atom. The molecule has 0 aliphatic carbocycles. The summed E-state index contributed by atoms with van der Waals surface area (Å²) in [6.45, 7) is -0.0720. The molecule has 2 rings (SSSR count). The molecule has 0 aliphatic heterocycles. The van der Waals surface area contributed by atoms with Gasteiger partial charge in [-0.25, -0.2) is 4.98 Å². The molecule has 0 aliphatic rings. The standard InChI is InChI=1S/C10H9ClN2O2S/c1-13(5-8(14)15)10-12-9-6(11)3-2-4-7(9)16-10/h2-4H,5H2,1H3,(H,14,15). The fraction of sp³-hybridized carbons (Fsp3) is 0.200. The van der Waals surface area contributed by atoms with E-state index < -0.39 is 5.97 Å². The number of benzene rings is 1. The molecule has 2 aromatic rings. The summed E-state index contributed by atoms with van der Waals surface area (Å²) >= 11 is 7.42. The van der Waals surface area contributed by atoms with Gasteiger partial charge in [0, 0.05) is 7.05 Å². The molecule has 0 radical (unpaired) electrons. The molecule has 84 valence electrons. The molecule has 1 aromatic carbocycles. The van der Waals surface area contributed by atoms with Gasteiger partial charge in [0.1, 0.15) is 12.1 Å². The van der Waals surface area contributed by atoms with Gasteiger partial charge in [-0.1, -0.05) is 29.0 Å². The second kappa shape index (κ2) is 4.27. The van der Waals surface area contributed by atoms with Crippen LogP contribution in [0.1, 0.15) is 0 Å². The number of rotatable bonds is 3. The molecular weight excluding hydrogens is 248 g/mol. The largest absolute Gasteiger partial charge is 0.480 e. The van der Waals surface area contributed by atoms with Crippen molar-refractivity contribution < 1.29 is 9.90 Å². The molecule has 0 fully saturated rings. The molecule has 0 saturated heterocycles. The first-order valence-corrected chi connectivity index (χ1v) is 5.75. The maximum atomic E-state index is 10.6. The molecule has 1 aromatic heterocycles. The number of hydrogen-bond donors (Lipinski definition) is 1. The molecule has 6 heteroatoms. The number of anilines is 1. The maximum absolute atomic E-state index is 10.6. The first kappa shape index (κ1) is 11.2. The number of aromatic nitrogens is 1. The van der Waals surface area contributed by atoms with Gasteiger partial charge in [-0.15, -0.1) is 0 Å². The van der Waals surface area contributed by atoms with Crippen LogP contribution in [0.3, 0.4) is 0 Å². The zero-order valence-electron chi connectivity index (χ0n) is 8.48. The molecule has 0 bridgehead atoms. The lowest BCUT2D eigenvalue weighted by Gasteiger charge is -2.11. The normalized spacial score (nSPS) is 10.6. The highest BCUT2D eigenvalue weighted by molar-refractivity contribution is 7.22. The van der Waals surface area contributed by atoms with Gasteiger partial charge < -0.3 is 10.0 Å². The average Bonchev–Trinajstić information content (AvgIpc) is 2.61. The van der Waals surface area contributed by atoms with Gasteiger partial charge in [0.25, 0.3) is 0 Å². The predicted molar refractivity (Wildman–Crippen MR) is 65.5 cm³/mol. The van der Waals surface area contributed by atoms with Crippen molar-refractivity contribution in [2.24, 2.45) is 0 Å². The van der Waals surface area contributed by atoms with Crippen molar-refractivity contribution in [3.8, 4) is 0 Å². The van der Waals surface area contributed by atoms with Crippen molar-refractivity contribution in [2.45, 2.75) is 0 Å². The highest BCUT2D eigenvalue weighted by Gasteiger charge is 2.12. The Morgan fingerprint density at radius 2 is 2.38 bits per heavy atom. The molecular formula is C10H9ClN2O2S. The summed E-state index contributed by atoms with van der Waals surface area (Å²) in [5, 5.41) is 9.93. The number of nitrogens with zero attached hydrogens (tertiary/aromatic N) is 2. The summed E-state index contributed by atoms with van der Waals surface area (Å²) in [6.07, 6.45) is 0. The fourth-order valence-electron chi connectivity index (χ4n) is 1.34. The van der Waals surface area contributed by atoms with E-state index in [0.717, 1.165) is 10.2 Å². The van der Waals surface area contributed by atoms with Crippen LogP contribution in [0.15, 0.2) is 18.2 Å². The Bertz CT molecular complexity index is 541. The Hall–Kier alpha value is -1.33. The lowest BCUT2D eigenvalue weighted by Crippen LogP contribution is -2.24. The Balaban J connectivity index is 2.39. The number of carbonyl (C=O) groups is 1. The van der Waals surface area contributed by atoms with Crippen LogP contribution in [0.5, 0.6) is 0 Å². The second-order valence-electron chi connectivity index (χ2n) is 3.33. The highest BCUT2D eigenvalue weighted by atomic mass is 35.5. The molecule has 0 amide bonds. The van der Waals surface area contributed by atoms with E-state index in [2.05, 4.69) is 4.98 Å². The minimum absolute atomic E-state index is 0.0720. The minimum atomic E-state index is -0.882. The number of carboxylic acids is 1. The molecule has 16 heavy (non-hydrogen) atoms. The van der Waals surface area contributed by atoms with E-state index in [1.54, 1.807) is 18.0 Å². The van der Waals surface area contributed by atoms with Gasteiger partial charge in [-0.05, 0) is 12.1 Å². The Kier molecular flexibility index (Phi) is 2.98. The predicted octanol–water partition coefficient (Wildman–Crippen LogP) is 2.47. The van der Waals surface area contributed by atoms with Crippen LogP contribution in [0, 0.1) is 0 Å². The smallest absolute Gasteiger partial charge is 0.323 e. The summed E-state index contributed by atoms with van der Waals surface area (Å²) in [7, 11) is 1.69. The van der Waals surface area contributed by atoms with Crippen LogP contribution in [0.2, 0.25) is 5.02 Å². The van der Waals surface area contributed by atoms with Crippen LogP contribution in [0.25, 0.3) is 10.2 Å². The summed E-state index contributed by atoms with van der Waals surface area (Å²) in [5.74, 6) is -0.882. The van der Waals surface area contributed by atoms with Crippen LogP contribution in [-0.4, -0.2) is 29.7 Å². The van der Waals surface area contributed by atoms with Crippen molar-refractivity contribution in [2.75, 3.05) is 18.5 Å². The molecule has 1 heterocycles. The molecule has 0 saturated carbocycles. The minimum Gasteiger partial charge on any atom is -0.480 e. The number of carboxylic acid groups (broad SMARTS) is 1.